The van der Waals surface area contributed by atoms with Crippen molar-refractivity contribution < 1.29 is 14.3 Å². The van der Waals surface area contributed by atoms with Crippen LogP contribution in [0.4, 0.5) is 0 Å². The number of carbonyl (C=O) groups excluding carboxylic acids is 1. The molecule has 1 fully saturated rings. The SMILES string of the molecule is CN=C(NCCCOCC1CCOC1)NCCNC(=O)c1cccc(Br)c1.I. The molecule has 1 heterocycles. The number of halogens is 2. The Morgan fingerprint density at radius 2 is 2.07 bits per heavy atom. The number of ether oxygens (including phenoxy) is 2. The maximum Gasteiger partial charge on any atom is 0.251 e. The first-order valence-electron chi connectivity index (χ1n) is 9.33. The molecule has 1 unspecified atom stereocenters. The molecule has 1 saturated heterocycles. The van der Waals surface area contributed by atoms with E-state index in [1.165, 1.54) is 0 Å². The second-order valence-corrected chi connectivity index (χ2v) is 7.27. The van der Waals surface area contributed by atoms with E-state index < -0.39 is 0 Å². The summed E-state index contributed by atoms with van der Waals surface area (Å²) >= 11 is 3.37. The van der Waals surface area contributed by atoms with Crippen molar-refractivity contribution >= 4 is 51.8 Å². The van der Waals surface area contributed by atoms with Gasteiger partial charge in [0.2, 0.25) is 0 Å². The van der Waals surface area contributed by atoms with E-state index in [2.05, 4.69) is 36.9 Å². The minimum absolute atomic E-state index is 0. The van der Waals surface area contributed by atoms with Gasteiger partial charge in [0.05, 0.1) is 13.2 Å². The van der Waals surface area contributed by atoms with Crippen LogP contribution in [0.2, 0.25) is 0 Å². The maximum absolute atomic E-state index is 12.1. The molecule has 1 aromatic rings. The molecule has 0 saturated carbocycles. The van der Waals surface area contributed by atoms with Gasteiger partial charge in [-0.25, -0.2) is 0 Å². The number of amides is 1. The van der Waals surface area contributed by atoms with Crippen LogP contribution in [0.15, 0.2) is 33.7 Å². The van der Waals surface area contributed by atoms with Gasteiger partial charge in [-0.05, 0) is 31.0 Å². The van der Waals surface area contributed by atoms with Gasteiger partial charge in [0, 0.05) is 55.8 Å². The van der Waals surface area contributed by atoms with Gasteiger partial charge in [0.1, 0.15) is 0 Å². The Labute approximate surface area is 192 Å². The first-order chi connectivity index (χ1) is 13.2. The molecule has 9 heteroatoms. The zero-order valence-electron chi connectivity index (χ0n) is 16.2. The molecule has 2 rings (SSSR count). The minimum Gasteiger partial charge on any atom is -0.381 e. The summed E-state index contributed by atoms with van der Waals surface area (Å²) < 4.78 is 11.9. The third-order valence-corrected chi connectivity index (χ3v) is 4.64. The number of rotatable bonds is 10. The van der Waals surface area contributed by atoms with Gasteiger partial charge < -0.3 is 25.4 Å². The van der Waals surface area contributed by atoms with Crippen molar-refractivity contribution in [2.75, 3.05) is 53.1 Å². The third-order valence-electron chi connectivity index (χ3n) is 4.15. The van der Waals surface area contributed by atoms with Crippen molar-refractivity contribution in [1.29, 1.82) is 0 Å². The smallest absolute Gasteiger partial charge is 0.251 e. The van der Waals surface area contributed by atoms with Crippen LogP contribution in [-0.2, 0) is 9.47 Å². The zero-order chi connectivity index (χ0) is 19.3. The van der Waals surface area contributed by atoms with Crippen LogP contribution < -0.4 is 16.0 Å². The number of aliphatic imine (C=N–C) groups is 1. The summed E-state index contributed by atoms with van der Waals surface area (Å²) in [4.78, 5) is 16.2. The molecule has 28 heavy (non-hydrogen) atoms. The molecule has 158 valence electrons. The second kappa shape index (κ2) is 15.0. The van der Waals surface area contributed by atoms with Gasteiger partial charge in [-0.1, -0.05) is 22.0 Å². The zero-order valence-corrected chi connectivity index (χ0v) is 20.1. The summed E-state index contributed by atoms with van der Waals surface area (Å²) in [6.07, 6.45) is 2.01. The van der Waals surface area contributed by atoms with Crippen molar-refractivity contribution in [2.24, 2.45) is 10.9 Å². The number of guanidine groups is 1. The summed E-state index contributed by atoms with van der Waals surface area (Å²) in [7, 11) is 1.73. The number of hydrogen-bond acceptors (Lipinski definition) is 4. The van der Waals surface area contributed by atoms with Crippen LogP contribution in [0.5, 0.6) is 0 Å². The lowest BCUT2D eigenvalue weighted by Gasteiger charge is -2.13. The molecule has 1 aromatic carbocycles. The van der Waals surface area contributed by atoms with Crippen LogP contribution in [-0.4, -0.2) is 65.0 Å². The van der Waals surface area contributed by atoms with E-state index in [4.69, 9.17) is 9.47 Å². The molecule has 1 aliphatic heterocycles. The van der Waals surface area contributed by atoms with E-state index in [0.717, 1.165) is 56.2 Å². The first kappa shape index (κ1) is 25.1. The second-order valence-electron chi connectivity index (χ2n) is 6.35. The Bertz CT molecular complexity index is 613. The van der Waals surface area contributed by atoms with Gasteiger partial charge >= 0.3 is 0 Å². The molecule has 1 aliphatic rings. The Morgan fingerprint density at radius 1 is 1.29 bits per heavy atom. The molecule has 0 aliphatic carbocycles. The van der Waals surface area contributed by atoms with Crippen LogP contribution in [0.25, 0.3) is 0 Å². The Balaban J connectivity index is 0.00000392. The molecule has 0 bridgehead atoms. The molecule has 0 aromatic heterocycles. The van der Waals surface area contributed by atoms with Gasteiger partial charge in [-0.2, -0.15) is 0 Å². The fourth-order valence-electron chi connectivity index (χ4n) is 2.66. The molecule has 1 atom stereocenters. The lowest BCUT2D eigenvalue weighted by Crippen LogP contribution is -2.42. The summed E-state index contributed by atoms with van der Waals surface area (Å²) in [5.41, 5.74) is 0.635. The lowest BCUT2D eigenvalue weighted by molar-refractivity contribution is 0.0887. The van der Waals surface area contributed by atoms with Gasteiger partial charge in [0.15, 0.2) is 5.96 Å². The summed E-state index contributed by atoms with van der Waals surface area (Å²) in [6, 6.07) is 7.32. The van der Waals surface area contributed by atoms with Gasteiger partial charge in [-0.15, -0.1) is 24.0 Å². The number of carbonyl (C=O) groups is 1. The van der Waals surface area contributed by atoms with E-state index in [9.17, 15) is 4.79 Å². The molecule has 3 N–H and O–H groups in total. The number of benzene rings is 1. The quantitative estimate of drug-likeness (QED) is 0.175. The van der Waals surface area contributed by atoms with Crippen molar-refractivity contribution in [2.45, 2.75) is 12.8 Å². The van der Waals surface area contributed by atoms with E-state index in [0.29, 0.717) is 24.6 Å². The van der Waals surface area contributed by atoms with E-state index in [-0.39, 0.29) is 29.9 Å². The highest BCUT2D eigenvalue weighted by molar-refractivity contribution is 14.0. The molecule has 0 spiro atoms. The number of hydrogen-bond donors (Lipinski definition) is 3. The first-order valence-corrected chi connectivity index (χ1v) is 10.1. The standard InChI is InChI=1S/C19H29BrN4O3.HI/c1-21-19(23-7-3-10-26-13-15-6-11-27-14-15)24-9-8-22-18(25)16-4-2-5-17(20)12-16;/h2,4-5,12,15H,3,6-11,13-14H2,1H3,(H,22,25)(H2,21,23,24);1H. The topological polar surface area (TPSA) is 84.0 Å². The average molecular weight is 569 g/mol. The molecule has 7 nitrogen and oxygen atoms in total. The number of nitrogens with zero attached hydrogens (tertiary/aromatic N) is 1. The van der Waals surface area contributed by atoms with E-state index >= 15 is 0 Å². The van der Waals surface area contributed by atoms with Crippen LogP contribution >= 0.6 is 39.9 Å². The molecule has 1 amide bonds. The largest absolute Gasteiger partial charge is 0.381 e. The molecular weight excluding hydrogens is 539 g/mol. The van der Waals surface area contributed by atoms with Gasteiger partial charge in [0.25, 0.3) is 5.91 Å². The minimum atomic E-state index is -0.0918. The predicted molar refractivity (Wildman–Crippen MR) is 126 cm³/mol. The highest BCUT2D eigenvalue weighted by Gasteiger charge is 2.15. The van der Waals surface area contributed by atoms with E-state index in [1.807, 2.05) is 12.1 Å². The highest BCUT2D eigenvalue weighted by Crippen LogP contribution is 2.12. The molecule has 0 radical (unpaired) electrons. The van der Waals surface area contributed by atoms with E-state index in [1.54, 1.807) is 19.2 Å². The fourth-order valence-corrected chi connectivity index (χ4v) is 3.05. The van der Waals surface area contributed by atoms with Crippen LogP contribution in [0, 0.1) is 5.92 Å². The summed E-state index contributed by atoms with van der Waals surface area (Å²) in [5.74, 6) is 1.18. The highest BCUT2D eigenvalue weighted by atomic mass is 127. The summed E-state index contributed by atoms with van der Waals surface area (Å²) in [5, 5.41) is 9.30. The van der Waals surface area contributed by atoms with Crippen molar-refractivity contribution in [1.82, 2.24) is 16.0 Å². The van der Waals surface area contributed by atoms with Crippen LogP contribution in [0.3, 0.4) is 0 Å². The normalized spacial score (nSPS) is 16.4. The third kappa shape index (κ3) is 10.0. The maximum atomic E-state index is 12.1. The monoisotopic (exact) mass is 568 g/mol. The predicted octanol–water partition coefficient (Wildman–Crippen LogP) is 2.41. The Hall–Kier alpha value is -0.910. The van der Waals surface area contributed by atoms with Crippen LogP contribution in [0.1, 0.15) is 23.2 Å². The van der Waals surface area contributed by atoms with Crippen molar-refractivity contribution in [3.63, 3.8) is 0 Å². The van der Waals surface area contributed by atoms with Crippen molar-refractivity contribution in [3.8, 4) is 0 Å². The molecular formula is C19H30BrIN4O3. The fraction of sp³-hybridized carbons (Fsp3) is 0.579. The van der Waals surface area contributed by atoms with Gasteiger partial charge in [-0.3, -0.25) is 9.79 Å². The summed E-state index contributed by atoms with van der Waals surface area (Å²) in [6.45, 7) is 5.09. The Kier molecular flexibility index (Phi) is 13.5. The Morgan fingerprint density at radius 3 is 2.79 bits per heavy atom. The van der Waals surface area contributed by atoms with Crippen molar-refractivity contribution in [3.05, 3.63) is 34.3 Å². The average Bonchev–Trinajstić information content (AvgIpc) is 3.19. The lowest BCUT2D eigenvalue weighted by atomic mass is 10.1. The number of nitrogens with one attached hydrogen (secondary N) is 3.